The molecule has 0 radical (unpaired) electrons. The minimum Gasteiger partial charge on any atom is -0.490 e. The van der Waals surface area contributed by atoms with Crippen LogP contribution in [0.5, 0.6) is 5.75 Å². The summed E-state index contributed by atoms with van der Waals surface area (Å²) in [4.78, 5) is 13.9. The molecular formula is C20H22Cl2N2O3. The minimum atomic E-state index is -0.801. The van der Waals surface area contributed by atoms with Gasteiger partial charge in [0.2, 0.25) is 5.91 Å². The predicted molar refractivity (Wildman–Crippen MR) is 106 cm³/mol. The highest BCUT2D eigenvalue weighted by Gasteiger charge is 2.39. The molecule has 2 N–H and O–H groups in total. The number of carbonyl (C=O) groups excluding carboxylic acids is 1. The summed E-state index contributed by atoms with van der Waals surface area (Å²) in [5, 5.41) is 1.29. The molecule has 1 aliphatic rings. The number of nitrogens with two attached hydrogens (primary N) is 1. The van der Waals surface area contributed by atoms with Crippen LogP contribution < -0.4 is 10.5 Å². The van der Waals surface area contributed by atoms with Gasteiger partial charge >= 0.3 is 0 Å². The zero-order chi connectivity index (χ0) is 19.3. The van der Waals surface area contributed by atoms with Crippen molar-refractivity contribution in [3.63, 3.8) is 0 Å². The summed E-state index contributed by atoms with van der Waals surface area (Å²) in [5.74, 6) is 0.205. The van der Waals surface area contributed by atoms with Gasteiger partial charge in [-0.05, 0) is 35.9 Å². The maximum absolute atomic E-state index is 11.7. The van der Waals surface area contributed by atoms with Crippen molar-refractivity contribution in [2.24, 2.45) is 5.73 Å². The molecule has 0 bridgehead atoms. The lowest BCUT2D eigenvalue weighted by atomic mass is 9.97. The van der Waals surface area contributed by atoms with Crippen molar-refractivity contribution in [3.8, 4) is 5.75 Å². The Morgan fingerprint density at radius 1 is 1.19 bits per heavy atom. The van der Waals surface area contributed by atoms with Gasteiger partial charge < -0.3 is 15.2 Å². The Morgan fingerprint density at radius 2 is 1.93 bits per heavy atom. The Bertz CT molecular complexity index is 802. The molecule has 1 aliphatic heterocycles. The van der Waals surface area contributed by atoms with Crippen LogP contribution in [0.1, 0.15) is 12.0 Å². The van der Waals surface area contributed by atoms with E-state index in [9.17, 15) is 4.79 Å². The summed E-state index contributed by atoms with van der Waals surface area (Å²) in [6.07, 6.45) is 0.0829. The largest absolute Gasteiger partial charge is 0.490 e. The Balaban J connectivity index is 1.71. The lowest BCUT2D eigenvalue weighted by molar-refractivity contribution is -0.148. The molecule has 0 aliphatic carbocycles. The number of rotatable bonds is 7. The van der Waals surface area contributed by atoms with E-state index < -0.39 is 11.5 Å². The van der Waals surface area contributed by atoms with E-state index in [1.54, 1.807) is 12.1 Å². The van der Waals surface area contributed by atoms with Crippen LogP contribution in [0.25, 0.3) is 0 Å². The zero-order valence-electron chi connectivity index (χ0n) is 14.9. The van der Waals surface area contributed by atoms with E-state index in [1.165, 1.54) is 0 Å². The highest BCUT2D eigenvalue weighted by Crippen LogP contribution is 2.26. The molecular weight excluding hydrogens is 387 g/mol. The Labute approximate surface area is 168 Å². The quantitative estimate of drug-likeness (QED) is 0.760. The van der Waals surface area contributed by atoms with Crippen LogP contribution in [0.3, 0.4) is 0 Å². The third kappa shape index (κ3) is 5.84. The second-order valence-electron chi connectivity index (χ2n) is 6.76. The second-order valence-corrected chi connectivity index (χ2v) is 7.63. The third-order valence-electron chi connectivity index (χ3n) is 4.42. The van der Waals surface area contributed by atoms with Gasteiger partial charge in [-0.1, -0.05) is 41.4 Å². The van der Waals surface area contributed by atoms with E-state index in [0.717, 1.165) is 12.1 Å². The Hall–Kier alpha value is -1.79. The summed E-state index contributed by atoms with van der Waals surface area (Å²) < 4.78 is 11.9. The summed E-state index contributed by atoms with van der Waals surface area (Å²) in [7, 11) is 0. The molecule has 1 saturated heterocycles. The topological polar surface area (TPSA) is 64.8 Å². The van der Waals surface area contributed by atoms with E-state index in [0.29, 0.717) is 35.5 Å². The van der Waals surface area contributed by atoms with E-state index in [2.05, 4.69) is 4.90 Å². The molecule has 2 aromatic rings. The van der Waals surface area contributed by atoms with Crippen molar-refractivity contribution in [3.05, 3.63) is 64.1 Å². The Morgan fingerprint density at radius 3 is 2.63 bits per heavy atom. The molecule has 27 heavy (non-hydrogen) atoms. The molecule has 1 atom stereocenters. The summed E-state index contributed by atoms with van der Waals surface area (Å²) in [5.41, 5.74) is 5.79. The number of primary amides is 1. The van der Waals surface area contributed by atoms with E-state index in [1.807, 2.05) is 36.4 Å². The van der Waals surface area contributed by atoms with Gasteiger partial charge in [-0.15, -0.1) is 0 Å². The first kappa shape index (κ1) is 20.0. The van der Waals surface area contributed by atoms with Crippen molar-refractivity contribution in [1.82, 2.24) is 4.90 Å². The van der Waals surface area contributed by atoms with Gasteiger partial charge in [-0.3, -0.25) is 9.69 Å². The van der Waals surface area contributed by atoms with E-state index >= 15 is 0 Å². The SMILES string of the molecule is NC(=O)CC1(COc2cccc(Cl)c2)CN(Cc2cccc(Cl)c2)CCO1. The average molecular weight is 409 g/mol. The van der Waals surface area contributed by atoms with Crippen molar-refractivity contribution in [2.45, 2.75) is 18.6 Å². The highest BCUT2D eigenvalue weighted by molar-refractivity contribution is 6.30. The zero-order valence-corrected chi connectivity index (χ0v) is 16.4. The van der Waals surface area contributed by atoms with Crippen LogP contribution in [-0.4, -0.2) is 42.7 Å². The molecule has 2 aromatic carbocycles. The van der Waals surface area contributed by atoms with E-state index in [-0.39, 0.29) is 13.0 Å². The number of amides is 1. The molecule has 1 unspecified atom stereocenters. The van der Waals surface area contributed by atoms with Crippen LogP contribution in [-0.2, 0) is 16.1 Å². The second kappa shape index (κ2) is 8.93. The fourth-order valence-electron chi connectivity index (χ4n) is 3.29. The smallest absolute Gasteiger partial charge is 0.220 e. The van der Waals surface area contributed by atoms with Crippen molar-refractivity contribution >= 4 is 29.1 Å². The molecule has 3 rings (SSSR count). The number of hydrogen-bond acceptors (Lipinski definition) is 4. The van der Waals surface area contributed by atoms with Crippen LogP contribution in [0, 0.1) is 0 Å². The van der Waals surface area contributed by atoms with Gasteiger partial charge in [0.1, 0.15) is 18.0 Å². The van der Waals surface area contributed by atoms with Crippen LogP contribution in [0.4, 0.5) is 0 Å². The van der Waals surface area contributed by atoms with Crippen molar-refractivity contribution in [1.29, 1.82) is 0 Å². The number of carbonyl (C=O) groups is 1. The standard InChI is InChI=1S/C20H22Cl2N2O3/c21-16-4-1-3-15(9-16)12-24-7-8-27-20(13-24,11-19(23)25)14-26-18-6-2-5-17(22)10-18/h1-6,9-10H,7-8,11-14H2,(H2,23,25). The van der Waals surface area contributed by atoms with Gasteiger partial charge in [0.25, 0.3) is 0 Å². The molecule has 1 amide bonds. The van der Waals surface area contributed by atoms with E-state index in [4.69, 9.17) is 38.4 Å². The minimum absolute atomic E-state index is 0.0829. The van der Waals surface area contributed by atoms with Crippen molar-refractivity contribution < 1.29 is 14.3 Å². The van der Waals surface area contributed by atoms with Gasteiger partial charge in [0, 0.05) is 29.7 Å². The van der Waals surface area contributed by atoms with Crippen LogP contribution in [0.15, 0.2) is 48.5 Å². The van der Waals surface area contributed by atoms with Crippen molar-refractivity contribution in [2.75, 3.05) is 26.3 Å². The van der Waals surface area contributed by atoms with Gasteiger partial charge in [0.05, 0.1) is 13.0 Å². The lowest BCUT2D eigenvalue weighted by Gasteiger charge is -2.42. The molecule has 144 valence electrons. The molecule has 0 aromatic heterocycles. The number of morpholine rings is 1. The predicted octanol–water partition coefficient (Wildman–Crippen LogP) is 3.52. The molecule has 1 fully saturated rings. The summed E-state index contributed by atoms with van der Waals surface area (Å²) in [6, 6.07) is 14.9. The average Bonchev–Trinajstić information content (AvgIpc) is 2.60. The van der Waals surface area contributed by atoms with Crippen LogP contribution >= 0.6 is 23.2 Å². The number of halogens is 2. The normalized spacial score (nSPS) is 20.4. The molecule has 7 heteroatoms. The molecule has 5 nitrogen and oxygen atoms in total. The first-order valence-electron chi connectivity index (χ1n) is 8.72. The third-order valence-corrected chi connectivity index (χ3v) is 4.89. The lowest BCUT2D eigenvalue weighted by Crippen LogP contribution is -2.56. The number of ether oxygens (including phenoxy) is 2. The first-order chi connectivity index (χ1) is 12.9. The van der Waals surface area contributed by atoms with Crippen LogP contribution in [0.2, 0.25) is 10.0 Å². The van der Waals surface area contributed by atoms with Gasteiger partial charge in [-0.25, -0.2) is 0 Å². The summed E-state index contributed by atoms with van der Waals surface area (Å²) in [6.45, 7) is 2.70. The number of hydrogen-bond donors (Lipinski definition) is 1. The summed E-state index contributed by atoms with van der Waals surface area (Å²) >= 11 is 12.1. The number of benzene rings is 2. The maximum Gasteiger partial charge on any atom is 0.220 e. The monoisotopic (exact) mass is 408 g/mol. The van der Waals surface area contributed by atoms with Gasteiger partial charge in [-0.2, -0.15) is 0 Å². The molecule has 0 saturated carbocycles. The highest BCUT2D eigenvalue weighted by atomic mass is 35.5. The molecule has 1 heterocycles. The fraction of sp³-hybridized carbons (Fsp3) is 0.350. The number of nitrogens with zero attached hydrogens (tertiary/aromatic N) is 1. The maximum atomic E-state index is 11.7. The van der Waals surface area contributed by atoms with Gasteiger partial charge in [0.15, 0.2) is 0 Å². The first-order valence-corrected chi connectivity index (χ1v) is 9.47. The Kier molecular flexibility index (Phi) is 6.60. The molecule has 0 spiro atoms. The fourth-order valence-corrected chi connectivity index (χ4v) is 3.68.